The van der Waals surface area contributed by atoms with E-state index >= 15 is 0 Å². The average Bonchev–Trinajstić information content (AvgIpc) is 3.03. The Hall–Kier alpha value is -2.87. The smallest absolute Gasteiger partial charge is 0.134 e. The van der Waals surface area contributed by atoms with Gasteiger partial charge in [0.1, 0.15) is 23.7 Å². The van der Waals surface area contributed by atoms with Gasteiger partial charge in [0.15, 0.2) is 0 Å². The van der Waals surface area contributed by atoms with Gasteiger partial charge in [-0.3, -0.25) is 9.58 Å². The molecule has 3 aromatic rings. The Bertz CT molecular complexity index is 1080. The molecule has 1 unspecified atom stereocenters. The molecule has 1 fully saturated rings. The minimum absolute atomic E-state index is 0.185. The van der Waals surface area contributed by atoms with Crippen LogP contribution < -0.4 is 9.47 Å². The molecule has 35 heavy (non-hydrogen) atoms. The van der Waals surface area contributed by atoms with Gasteiger partial charge in [0, 0.05) is 38.3 Å². The van der Waals surface area contributed by atoms with Gasteiger partial charge in [-0.15, -0.1) is 0 Å². The van der Waals surface area contributed by atoms with E-state index in [1.165, 1.54) is 11.3 Å². The molecule has 1 saturated heterocycles. The van der Waals surface area contributed by atoms with Crippen LogP contribution in [0.3, 0.4) is 0 Å². The van der Waals surface area contributed by atoms with Crippen LogP contribution in [0.15, 0.2) is 54.6 Å². The Labute approximate surface area is 208 Å². The van der Waals surface area contributed by atoms with Crippen molar-refractivity contribution in [2.24, 2.45) is 0 Å². The average molecular weight is 480 g/mol. The summed E-state index contributed by atoms with van der Waals surface area (Å²) in [5, 5.41) is 15.7. The normalized spacial score (nSPS) is 18.9. The second-order valence-electron chi connectivity index (χ2n) is 9.59. The van der Waals surface area contributed by atoms with Crippen LogP contribution in [-0.2, 0) is 17.8 Å². The Morgan fingerprint density at radius 3 is 2.63 bits per heavy atom. The van der Waals surface area contributed by atoms with E-state index in [0.29, 0.717) is 26.3 Å². The highest BCUT2D eigenvalue weighted by atomic mass is 16.5. The zero-order valence-corrected chi connectivity index (χ0v) is 21.1. The quantitative estimate of drug-likeness (QED) is 0.445. The van der Waals surface area contributed by atoms with Crippen molar-refractivity contribution < 1.29 is 19.3 Å². The number of aryl methyl sites for hydroxylation is 4. The lowest BCUT2D eigenvalue weighted by Crippen LogP contribution is -2.48. The van der Waals surface area contributed by atoms with Crippen molar-refractivity contribution in [3.8, 4) is 11.5 Å². The number of aromatic nitrogens is 2. The summed E-state index contributed by atoms with van der Waals surface area (Å²) in [6.45, 7) is 10.6. The first-order valence-corrected chi connectivity index (χ1v) is 12.3. The maximum Gasteiger partial charge on any atom is 0.134 e. The van der Waals surface area contributed by atoms with Crippen LogP contribution in [0.4, 0.5) is 0 Å². The van der Waals surface area contributed by atoms with E-state index in [9.17, 15) is 5.11 Å². The molecule has 0 bridgehead atoms. The molecule has 1 aliphatic rings. The van der Waals surface area contributed by atoms with Crippen LogP contribution in [0, 0.1) is 20.8 Å². The van der Waals surface area contributed by atoms with Crippen LogP contribution in [0.5, 0.6) is 11.5 Å². The van der Waals surface area contributed by atoms with Crippen molar-refractivity contribution in [3.05, 3.63) is 77.1 Å². The summed E-state index contributed by atoms with van der Waals surface area (Å²) in [4.78, 5) is 2.22. The monoisotopic (exact) mass is 479 g/mol. The standard InChI is InChI=1S/C28H37N3O4/c1-22-8-10-26(11-9-22)35-21-28(32)19-30(13-15-33-20-28)18-25-6-4-7-27(17-25)34-14-5-12-31-24(3)16-23(2)29-31/h4,6-11,16-17,32H,5,12-15,18-21H2,1-3H3. The van der Waals surface area contributed by atoms with E-state index < -0.39 is 5.60 Å². The molecule has 0 radical (unpaired) electrons. The largest absolute Gasteiger partial charge is 0.494 e. The van der Waals surface area contributed by atoms with Crippen molar-refractivity contribution in [2.45, 2.75) is 45.9 Å². The van der Waals surface area contributed by atoms with Crippen LogP contribution in [0.1, 0.15) is 28.9 Å². The number of aliphatic hydroxyl groups is 1. The van der Waals surface area contributed by atoms with Gasteiger partial charge in [0.25, 0.3) is 0 Å². The maximum absolute atomic E-state index is 11.2. The van der Waals surface area contributed by atoms with Gasteiger partial charge in [0.05, 0.1) is 25.5 Å². The van der Waals surface area contributed by atoms with Crippen molar-refractivity contribution >= 4 is 0 Å². The highest BCUT2D eigenvalue weighted by molar-refractivity contribution is 5.29. The third-order valence-electron chi connectivity index (χ3n) is 6.16. The van der Waals surface area contributed by atoms with Crippen LogP contribution >= 0.6 is 0 Å². The van der Waals surface area contributed by atoms with E-state index in [1.807, 2.05) is 54.9 Å². The zero-order chi connectivity index (χ0) is 24.7. The number of ether oxygens (including phenoxy) is 3. The molecule has 188 valence electrons. The Kier molecular flexibility index (Phi) is 8.44. The van der Waals surface area contributed by atoms with E-state index in [4.69, 9.17) is 14.2 Å². The number of nitrogens with zero attached hydrogens (tertiary/aromatic N) is 3. The van der Waals surface area contributed by atoms with E-state index in [2.05, 4.69) is 35.1 Å². The summed E-state index contributed by atoms with van der Waals surface area (Å²) >= 11 is 0. The van der Waals surface area contributed by atoms with E-state index in [1.54, 1.807) is 0 Å². The number of rotatable bonds is 10. The first-order chi connectivity index (χ1) is 16.9. The molecule has 7 heteroatoms. The van der Waals surface area contributed by atoms with Crippen LogP contribution in [0.2, 0.25) is 0 Å². The summed E-state index contributed by atoms with van der Waals surface area (Å²) in [5.74, 6) is 1.61. The summed E-state index contributed by atoms with van der Waals surface area (Å²) in [5.41, 5.74) is 3.47. The van der Waals surface area contributed by atoms with Gasteiger partial charge in [-0.05, 0) is 56.7 Å². The highest BCUT2D eigenvalue weighted by Gasteiger charge is 2.33. The fourth-order valence-electron chi connectivity index (χ4n) is 4.37. The fourth-order valence-corrected chi connectivity index (χ4v) is 4.37. The van der Waals surface area contributed by atoms with Crippen LogP contribution in [0.25, 0.3) is 0 Å². The van der Waals surface area contributed by atoms with E-state index in [0.717, 1.165) is 42.3 Å². The second kappa shape index (κ2) is 11.7. The highest BCUT2D eigenvalue weighted by Crippen LogP contribution is 2.20. The summed E-state index contributed by atoms with van der Waals surface area (Å²) < 4.78 is 19.6. The van der Waals surface area contributed by atoms with Gasteiger partial charge in [-0.25, -0.2) is 0 Å². The topological polar surface area (TPSA) is 69.0 Å². The number of hydrogen-bond donors (Lipinski definition) is 1. The molecule has 1 N–H and O–H groups in total. The first-order valence-electron chi connectivity index (χ1n) is 12.3. The molecule has 1 atom stereocenters. The lowest BCUT2D eigenvalue weighted by atomic mass is 10.1. The van der Waals surface area contributed by atoms with E-state index in [-0.39, 0.29) is 13.2 Å². The molecule has 2 heterocycles. The molecule has 7 nitrogen and oxygen atoms in total. The maximum atomic E-state index is 11.2. The SMILES string of the molecule is Cc1ccc(OCC2(O)COCCN(Cc3cccc(OCCCn4nc(C)cc4C)c3)C2)cc1. The van der Waals surface area contributed by atoms with Crippen molar-refractivity contribution in [2.75, 3.05) is 39.5 Å². The molecule has 0 spiro atoms. The third kappa shape index (κ3) is 7.56. The van der Waals surface area contributed by atoms with Gasteiger partial charge in [0.2, 0.25) is 0 Å². The molecule has 0 saturated carbocycles. The molecular weight excluding hydrogens is 442 g/mol. The van der Waals surface area contributed by atoms with Gasteiger partial charge < -0.3 is 19.3 Å². The third-order valence-corrected chi connectivity index (χ3v) is 6.16. The zero-order valence-electron chi connectivity index (χ0n) is 21.1. The predicted molar refractivity (Wildman–Crippen MR) is 136 cm³/mol. The molecule has 4 rings (SSSR count). The fraction of sp³-hybridized carbons (Fsp3) is 0.464. The van der Waals surface area contributed by atoms with Gasteiger partial charge in [-0.2, -0.15) is 5.10 Å². The van der Waals surface area contributed by atoms with Crippen molar-refractivity contribution in [1.82, 2.24) is 14.7 Å². The summed E-state index contributed by atoms with van der Waals surface area (Å²) in [6.07, 6.45) is 0.893. The predicted octanol–water partition coefficient (Wildman–Crippen LogP) is 3.92. The molecule has 0 aliphatic carbocycles. The Morgan fingerprint density at radius 1 is 1.03 bits per heavy atom. The second-order valence-corrected chi connectivity index (χ2v) is 9.59. The summed E-state index contributed by atoms with van der Waals surface area (Å²) in [7, 11) is 0. The number of benzene rings is 2. The molecule has 0 amide bonds. The van der Waals surface area contributed by atoms with Gasteiger partial charge >= 0.3 is 0 Å². The number of β-amino-alcohol motifs (C(OH)–C–C–N with tert-alkyl or cyclic N) is 1. The number of hydrogen-bond acceptors (Lipinski definition) is 6. The molecule has 1 aromatic heterocycles. The Morgan fingerprint density at radius 2 is 1.86 bits per heavy atom. The van der Waals surface area contributed by atoms with Crippen LogP contribution in [-0.4, -0.2) is 64.9 Å². The van der Waals surface area contributed by atoms with Crippen molar-refractivity contribution in [1.29, 1.82) is 0 Å². The molecule has 1 aliphatic heterocycles. The summed E-state index contributed by atoms with van der Waals surface area (Å²) in [6, 6.07) is 18.1. The molecular formula is C28H37N3O4. The van der Waals surface area contributed by atoms with Gasteiger partial charge in [-0.1, -0.05) is 29.8 Å². The minimum Gasteiger partial charge on any atom is -0.494 e. The van der Waals surface area contributed by atoms with Crippen molar-refractivity contribution in [3.63, 3.8) is 0 Å². The Balaban J connectivity index is 1.28. The minimum atomic E-state index is -1.07. The first kappa shape index (κ1) is 25.2. The lowest BCUT2D eigenvalue weighted by Gasteiger charge is -2.30. The molecule has 2 aromatic carbocycles. The lowest BCUT2D eigenvalue weighted by molar-refractivity contribution is -0.0646.